The maximum Gasteiger partial charge on any atom is 0.307 e. The fraction of sp³-hybridized carbons (Fsp3) is 0.214. The van der Waals surface area contributed by atoms with Crippen molar-refractivity contribution in [2.24, 2.45) is 0 Å². The van der Waals surface area contributed by atoms with Crippen molar-refractivity contribution in [3.63, 3.8) is 0 Å². The lowest BCUT2D eigenvalue weighted by Gasteiger charge is -2.34. The van der Waals surface area contributed by atoms with E-state index in [0.29, 0.717) is 22.3 Å². The number of aliphatic carboxylic acids is 4. The molecule has 0 saturated heterocycles. The molecule has 8 aromatic rings. The Morgan fingerprint density at radius 3 is 0.574 bits per heavy atom. The molecule has 8 bridgehead atoms. The van der Waals surface area contributed by atoms with Crippen LogP contribution < -0.4 is 0 Å². The molecule has 12 nitrogen and oxygen atoms in total. The zero-order valence-electron chi connectivity index (χ0n) is 38.1. The number of nitrogens with one attached hydrogen (secondary N) is 4. The summed E-state index contributed by atoms with van der Waals surface area (Å²) in [7, 11) is 0. The Labute approximate surface area is 392 Å². The Morgan fingerprint density at radius 2 is 0.441 bits per heavy atom. The summed E-state index contributed by atoms with van der Waals surface area (Å²) in [5, 5.41) is 38.5. The molecule has 0 saturated carbocycles. The molecule has 0 unspecified atom stereocenters. The molecule has 0 fully saturated rings. The van der Waals surface area contributed by atoms with Crippen LogP contribution in [0.5, 0.6) is 0 Å². The number of H-pyrrole nitrogens is 4. The van der Waals surface area contributed by atoms with Gasteiger partial charge >= 0.3 is 23.9 Å². The maximum absolute atomic E-state index is 11.7. The van der Waals surface area contributed by atoms with Crippen LogP contribution in [0.3, 0.4) is 0 Å². The number of aromatic amines is 4. The zero-order chi connectivity index (χ0) is 48.2. The third kappa shape index (κ3) is 7.71. The lowest BCUT2D eigenvalue weighted by molar-refractivity contribution is -0.137. The van der Waals surface area contributed by atoms with Gasteiger partial charge in [0.25, 0.3) is 0 Å². The Kier molecular flexibility index (Phi) is 11.2. The first-order valence-corrected chi connectivity index (χ1v) is 22.5. The number of carboxylic acids is 4. The van der Waals surface area contributed by atoms with E-state index < -0.39 is 45.5 Å². The Hall–Kier alpha value is -8.12. The SMILES string of the molecule is CC1(c2ccc(CC(=O)O)cc2)c2ccc([nH]2)C(C)(c2ccc(CC(=O)O)cc2)c2ccc([nH]2)C(C)(c2ccc(CC(=O)O)cc2)c2ccc([nH]2)C(C)(c2ccc(CC(=O)O)cc2)c2ccc1[nH]2. The predicted molar refractivity (Wildman–Crippen MR) is 257 cm³/mol. The van der Waals surface area contributed by atoms with Gasteiger partial charge in [0.15, 0.2) is 0 Å². The van der Waals surface area contributed by atoms with Crippen LogP contribution in [-0.4, -0.2) is 64.2 Å². The summed E-state index contributed by atoms with van der Waals surface area (Å²) in [4.78, 5) is 62.5. The lowest BCUT2D eigenvalue weighted by Crippen LogP contribution is -2.32. The van der Waals surface area contributed by atoms with Crippen molar-refractivity contribution in [3.8, 4) is 0 Å². The average molecular weight is 909 g/mol. The Bertz CT molecular complexity index is 2680. The minimum atomic E-state index is -0.920. The largest absolute Gasteiger partial charge is 0.481 e. The first-order chi connectivity index (χ1) is 32.4. The summed E-state index contributed by atoms with van der Waals surface area (Å²) in [5.41, 5.74) is 9.70. The highest BCUT2D eigenvalue weighted by Gasteiger charge is 2.44. The number of aromatic nitrogens is 4. The van der Waals surface area contributed by atoms with Gasteiger partial charge in [-0.3, -0.25) is 19.2 Å². The second kappa shape index (κ2) is 16.9. The molecule has 344 valence electrons. The second-order valence-electron chi connectivity index (χ2n) is 18.7. The van der Waals surface area contributed by atoms with Gasteiger partial charge in [0.05, 0.1) is 47.3 Å². The van der Waals surface area contributed by atoms with Crippen LogP contribution in [0.15, 0.2) is 146 Å². The normalized spacial score (nSPS) is 21.0. The number of hydrogen-bond donors (Lipinski definition) is 8. The minimum absolute atomic E-state index is 0.116. The third-order valence-electron chi connectivity index (χ3n) is 14.6. The lowest BCUT2D eigenvalue weighted by atomic mass is 9.75. The zero-order valence-corrected chi connectivity index (χ0v) is 38.1. The van der Waals surface area contributed by atoms with Crippen molar-refractivity contribution >= 4 is 23.9 Å². The highest BCUT2D eigenvalue weighted by molar-refractivity contribution is 5.72. The highest BCUT2D eigenvalue weighted by atomic mass is 16.4. The van der Waals surface area contributed by atoms with Gasteiger partial charge in [-0.1, -0.05) is 97.1 Å². The maximum atomic E-state index is 11.7. The molecule has 0 spiro atoms. The molecule has 0 amide bonds. The number of hydrogen-bond acceptors (Lipinski definition) is 4. The molecule has 4 aromatic heterocycles. The number of carboxylic acid groups (broad SMARTS) is 4. The van der Waals surface area contributed by atoms with E-state index in [1.54, 1.807) is 0 Å². The van der Waals surface area contributed by atoms with Crippen LogP contribution in [0.1, 0.15) is 118 Å². The molecule has 9 rings (SSSR count). The standard InChI is InChI=1S/C56H52N4O8/c1-53(37-13-5-33(6-14-37)29-49(61)62)41-21-23-43(57-41)54(2,38-15-7-34(8-16-38)30-50(63)64)45-25-27-47(59-45)56(4,40-19-11-36(12-20-40)32-52(67)68)48-28-26-46(60-48)55(3,44-24-22-42(53)58-44)39-17-9-35(10-18-39)31-51(65)66/h5-28,57-60H,29-32H2,1-4H3,(H,61,62)(H,63,64)(H,65,66)(H,67,68). The fourth-order valence-electron chi connectivity index (χ4n) is 10.3. The summed E-state index contributed by atoms with van der Waals surface area (Å²) in [5.74, 6) is -3.68. The molecular weight excluding hydrogens is 857 g/mol. The number of fused-ring (bicyclic) bond motifs is 8. The van der Waals surface area contributed by atoms with E-state index in [-0.39, 0.29) is 25.7 Å². The number of rotatable bonds is 12. The van der Waals surface area contributed by atoms with Crippen LogP contribution in [0.25, 0.3) is 0 Å². The Balaban J connectivity index is 1.32. The topological polar surface area (TPSA) is 212 Å². The van der Waals surface area contributed by atoms with E-state index in [0.717, 1.165) is 67.8 Å². The molecule has 0 aliphatic carbocycles. The van der Waals surface area contributed by atoms with Crippen LogP contribution in [0.4, 0.5) is 0 Å². The molecule has 12 heteroatoms. The van der Waals surface area contributed by atoms with Gasteiger partial charge in [-0.05, 0) is 121 Å². The van der Waals surface area contributed by atoms with E-state index in [1.807, 2.05) is 97.1 Å². The van der Waals surface area contributed by atoms with E-state index in [4.69, 9.17) is 0 Å². The van der Waals surface area contributed by atoms with Gasteiger partial charge in [0.2, 0.25) is 0 Å². The monoisotopic (exact) mass is 908 g/mol. The second-order valence-corrected chi connectivity index (χ2v) is 18.7. The molecular formula is C56H52N4O8. The van der Waals surface area contributed by atoms with Crippen molar-refractivity contribution in [2.45, 2.75) is 75.0 Å². The third-order valence-corrected chi connectivity index (χ3v) is 14.6. The van der Waals surface area contributed by atoms with Crippen LogP contribution in [-0.2, 0) is 66.5 Å². The van der Waals surface area contributed by atoms with Gasteiger partial charge in [-0.25, -0.2) is 0 Å². The van der Waals surface area contributed by atoms with Gasteiger partial charge < -0.3 is 40.4 Å². The number of benzene rings is 4. The molecule has 0 radical (unpaired) electrons. The fourth-order valence-corrected chi connectivity index (χ4v) is 10.3. The van der Waals surface area contributed by atoms with Gasteiger partial charge in [0, 0.05) is 45.6 Å². The number of carbonyl (C=O) groups is 4. The van der Waals surface area contributed by atoms with E-state index in [1.165, 1.54) is 0 Å². The predicted octanol–water partition coefficient (Wildman–Crippen LogP) is 9.24. The molecule has 0 atom stereocenters. The van der Waals surface area contributed by atoms with Crippen molar-refractivity contribution in [2.75, 3.05) is 0 Å². The van der Waals surface area contributed by atoms with Crippen LogP contribution >= 0.6 is 0 Å². The van der Waals surface area contributed by atoms with Crippen molar-refractivity contribution < 1.29 is 39.6 Å². The van der Waals surface area contributed by atoms with E-state index in [9.17, 15) is 39.6 Å². The van der Waals surface area contributed by atoms with Crippen molar-refractivity contribution in [1.82, 2.24) is 19.9 Å². The summed E-state index contributed by atoms with van der Waals surface area (Å²) in [6.45, 7) is 8.54. The molecule has 1 aliphatic rings. The van der Waals surface area contributed by atoms with Crippen molar-refractivity contribution in [1.29, 1.82) is 0 Å². The Morgan fingerprint density at radius 1 is 0.294 bits per heavy atom. The van der Waals surface area contributed by atoms with Crippen molar-refractivity contribution in [3.05, 3.63) is 236 Å². The summed E-state index contributed by atoms with van der Waals surface area (Å²) >= 11 is 0. The highest BCUT2D eigenvalue weighted by Crippen LogP contribution is 2.48. The average Bonchev–Trinajstić information content (AvgIpc) is 4.16. The first-order valence-electron chi connectivity index (χ1n) is 22.5. The minimum Gasteiger partial charge on any atom is -0.481 e. The van der Waals surface area contributed by atoms with Gasteiger partial charge in [-0.15, -0.1) is 0 Å². The van der Waals surface area contributed by atoms with Gasteiger partial charge in [-0.2, -0.15) is 0 Å². The van der Waals surface area contributed by atoms with E-state index >= 15 is 0 Å². The molecule has 1 aliphatic heterocycles. The molecule has 68 heavy (non-hydrogen) atoms. The van der Waals surface area contributed by atoms with Gasteiger partial charge in [0.1, 0.15) is 0 Å². The molecule has 5 heterocycles. The van der Waals surface area contributed by atoms with Crippen LogP contribution in [0.2, 0.25) is 0 Å². The first kappa shape index (κ1) is 45.1. The van der Waals surface area contributed by atoms with Crippen LogP contribution in [0, 0.1) is 0 Å². The van der Waals surface area contributed by atoms with E-state index in [2.05, 4.69) is 96.2 Å². The summed E-state index contributed by atoms with van der Waals surface area (Å²) in [6.07, 6.45) is -0.465. The molecule has 4 aromatic carbocycles. The summed E-state index contributed by atoms with van der Waals surface area (Å²) < 4.78 is 0. The molecule has 8 N–H and O–H groups in total. The quantitative estimate of drug-likeness (QED) is 0.0591. The summed E-state index contributed by atoms with van der Waals surface area (Å²) in [6, 6.07) is 47.3. The smallest absolute Gasteiger partial charge is 0.307 e.